The number of nitrogens with two attached hydrogens (primary N) is 1. The number of hydrogen-bond donors (Lipinski definition) is 3. The molecule has 0 unspecified atom stereocenters. The fraction of sp³-hybridized carbons (Fsp3) is 0.364. The van der Waals surface area contributed by atoms with Crippen LogP contribution in [0.1, 0.15) is 6.92 Å². The second-order valence-corrected chi connectivity index (χ2v) is 6.34. The van der Waals surface area contributed by atoms with Gasteiger partial charge in [-0.2, -0.15) is 0 Å². The molecule has 1 amide bonds. The first-order valence-electron chi connectivity index (χ1n) is 5.75. The van der Waals surface area contributed by atoms with E-state index in [0.717, 1.165) is 0 Å². The molecule has 2 rings (SSSR count). The highest BCUT2D eigenvalue weighted by Gasteiger charge is 2.26. The van der Waals surface area contributed by atoms with Crippen LogP contribution in [0.3, 0.4) is 0 Å². The molecule has 4 N–H and O–H groups in total. The van der Waals surface area contributed by atoms with Gasteiger partial charge >= 0.3 is 0 Å². The van der Waals surface area contributed by atoms with E-state index in [2.05, 4.69) is 5.32 Å². The second kappa shape index (κ2) is 5.06. The first kappa shape index (κ1) is 13.6. The van der Waals surface area contributed by atoms with Gasteiger partial charge in [-0.15, -0.1) is 0 Å². The maximum Gasteiger partial charge on any atom is 0.276 e. The van der Waals surface area contributed by atoms with Gasteiger partial charge in [-0.25, -0.2) is 14.3 Å². The third-order valence-corrected chi connectivity index (χ3v) is 4.60. The molecule has 0 radical (unpaired) electrons. The number of amides is 1. The average Bonchev–Trinajstić information content (AvgIpc) is 2.45. The molecule has 0 aromatic heterocycles. The molecule has 1 aromatic rings. The summed E-state index contributed by atoms with van der Waals surface area (Å²) in [5, 5.41) is 2.96. The first-order valence-corrected chi connectivity index (χ1v) is 7.41. The van der Waals surface area contributed by atoms with Gasteiger partial charge in [-0.1, -0.05) is 6.92 Å². The molecule has 1 aromatic carbocycles. The fourth-order valence-electron chi connectivity index (χ4n) is 1.75. The number of nitrogens with one attached hydrogen (secondary N) is 2. The molecular formula is C11H15N3O4S. The van der Waals surface area contributed by atoms with Crippen molar-refractivity contribution in [3.8, 4) is 5.75 Å². The molecule has 19 heavy (non-hydrogen) atoms. The Labute approximate surface area is 111 Å². The Hall–Kier alpha value is -1.80. The van der Waals surface area contributed by atoms with Gasteiger partial charge in [-0.05, 0) is 18.2 Å². The van der Waals surface area contributed by atoms with E-state index in [0.29, 0.717) is 11.4 Å². The highest BCUT2D eigenvalue weighted by molar-refractivity contribution is 7.91. The maximum atomic E-state index is 11.8. The summed E-state index contributed by atoms with van der Waals surface area (Å²) in [4.78, 5) is 11.6. The van der Waals surface area contributed by atoms with Crippen LogP contribution < -0.4 is 21.3 Å². The predicted octanol–water partition coefficient (Wildman–Crippen LogP) is -0.357. The van der Waals surface area contributed by atoms with E-state index in [1.165, 1.54) is 18.2 Å². The molecule has 1 heterocycles. The van der Waals surface area contributed by atoms with E-state index in [-0.39, 0.29) is 17.2 Å². The van der Waals surface area contributed by atoms with Crippen molar-refractivity contribution in [2.24, 2.45) is 5.84 Å². The summed E-state index contributed by atoms with van der Waals surface area (Å²) in [7, 11) is -3.26. The third kappa shape index (κ3) is 2.64. The Bertz CT molecular complexity index is 600. The maximum absolute atomic E-state index is 11.8. The van der Waals surface area contributed by atoms with Crippen molar-refractivity contribution < 1.29 is 17.9 Å². The predicted molar refractivity (Wildman–Crippen MR) is 69.4 cm³/mol. The van der Waals surface area contributed by atoms with Gasteiger partial charge in [0.25, 0.3) is 5.91 Å². The number of carbonyl (C=O) groups excluding carboxylic acids is 1. The van der Waals surface area contributed by atoms with Gasteiger partial charge in [0.05, 0.1) is 22.9 Å². The molecule has 0 saturated carbocycles. The summed E-state index contributed by atoms with van der Waals surface area (Å²) in [6.07, 6.45) is -0.730. The number of hydrogen-bond acceptors (Lipinski definition) is 6. The van der Waals surface area contributed by atoms with Gasteiger partial charge in [0.2, 0.25) is 0 Å². The van der Waals surface area contributed by atoms with Crippen LogP contribution in [0.5, 0.6) is 5.75 Å². The van der Waals surface area contributed by atoms with E-state index in [1.54, 1.807) is 6.92 Å². The number of benzene rings is 1. The Balaban J connectivity index is 2.29. The lowest BCUT2D eigenvalue weighted by molar-refractivity contribution is -0.127. The van der Waals surface area contributed by atoms with Crippen LogP contribution in [0.25, 0.3) is 0 Å². The van der Waals surface area contributed by atoms with Crippen molar-refractivity contribution in [3.63, 3.8) is 0 Å². The number of fused-ring (bicyclic) bond motifs is 1. The van der Waals surface area contributed by atoms with Gasteiger partial charge in [0.15, 0.2) is 15.9 Å². The summed E-state index contributed by atoms with van der Waals surface area (Å²) >= 11 is 0. The molecular weight excluding hydrogens is 270 g/mol. The Morgan fingerprint density at radius 3 is 2.95 bits per heavy atom. The van der Waals surface area contributed by atoms with Crippen LogP contribution in [0.15, 0.2) is 23.1 Å². The van der Waals surface area contributed by atoms with E-state index in [9.17, 15) is 13.2 Å². The van der Waals surface area contributed by atoms with Crippen molar-refractivity contribution in [3.05, 3.63) is 18.2 Å². The highest BCUT2D eigenvalue weighted by Crippen LogP contribution is 2.31. The minimum absolute atomic E-state index is 0.0326. The molecule has 8 heteroatoms. The normalized spacial score (nSPS) is 17.9. The molecule has 7 nitrogen and oxygen atoms in total. The van der Waals surface area contributed by atoms with Crippen LogP contribution >= 0.6 is 0 Å². The zero-order valence-electron chi connectivity index (χ0n) is 10.3. The van der Waals surface area contributed by atoms with Crippen LogP contribution in [0.4, 0.5) is 5.69 Å². The Morgan fingerprint density at radius 1 is 1.58 bits per heavy atom. The van der Waals surface area contributed by atoms with Crippen molar-refractivity contribution in [1.82, 2.24) is 5.43 Å². The number of sulfone groups is 1. The minimum atomic E-state index is -3.26. The second-order valence-electron chi connectivity index (χ2n) is 4.06. The smallest absolute Gasteiger partial charge is 0.276 e. The molecule has 104 valence electrons. The average molecular weight is 285 g/mol. The Morgan fingerprint density at radius 2 is 2.32 bits per heavy atom. The Kier molecular flexibility index (Phi) is 3.63. The largest absolute Gasteiger partial charge is 0.476 e. The molecule has 0 bridgehead atoms. The minimum Gasteiger partial charge on any atom is -0.476 e. The van der Waals surface area contributed by atoms with Gasteiger partial charge < -0.3 is 10.1 Å². The summed E-state index contributed by atoms with van der Waals surface area (Å²) in [6, 6.07) is 4.49. The van der Waals surface area contributed by atoms with Crippen molar-refractivity contribution in [1.29, 1.82) is 0 Å². The van der Waals surface area contributed by atoms with E-state index >= 15 is 0 Å². The van der Waals surface area contributed by atoms with Crippen molar-refractivity contribution >= 4 is 21.4 Å². The van der Waals surface area contributed by atoms with E-state index in [4.69, 9.17) is 10.6 Å². The molecule has 1 aliphatic rings. The van der Waals surface area contributed by atoms with Crippen LogP contribution in [0, 0.1) is 0 Å². The molecule has 0 saturated heterocycles. The highest BCUT2D eigenvalue weighted by atomic mass is 32.2. The zero-order valence-corrected chi connectivity index (χ0v) is 11.2. The van der Waals surface area contributed by atoms with Gasteiger partial charge in [-0.3, -0.25) is 10.2 Å². The number of carbonyl (C=O) groups is 1. The standard InChI is InChI=1S/C11H15N3O4S/c1-2-19(16,17)7-3-4-9-8(5-7)13-6-10(18-9)11(15)14-12/h3-5,10,13H,2,6,12H2,1H3,(H,14,15)/t10-/m0/s1. The van der Waals surface area contributed by atoms with Crippen molar-refractivity contribution in [2.45, 2.75) is 17.9 Å². The lowest BCUT2D eigenvalue weighted by Gasteiger charge is -2.26. The van der Waals surface area contributed by atoms with Gasteiger partial charge in [0.1, 0.15) is 5.75 Å². The molecule has 1 aliphatic heterocycles. The van der Waals surface area contributed by atoms with E-state index in [1.807, 2.05) is 5.43 Å². The van der Waals surface area contributed by atoms with Crippen LogP contribution in [-0.4, -0.2) is 32.7 Å². The monoisotopic (exact) mass is 285 g/mol. The lowest BCUT2D eigenvalue weighted by atomic mass is 10.2. The SMILES string of the molecule is CCS(=O)(=O)c1ccc2c(c1)NC[C@@H](C(=O)NN)O2. The fourth-order valence-corrected chi connectivity index (χ4v) is 2.65. The van der Waals surface area contributed by atoms with Gasteiger partial charge in [0, 0.05) is 0 Å². The lowest BCUT2D eigenvalue weighted by Crippen LogP contribution is -2.47. The first-order chi connectivity index (χ1) is 8.97. The third-order valence-electron chi connectivity index (χ3n) is 2.87. The van der Waals surface area contributed by atoms with Crippen molar-refractivity contribution in [2.75, 3.05) is 17.6 Å². The van der Waals surface area contributed by atoms with Crippen LogP contribution in [0.2, 0.25) is 0 Å². The number of rotatable bonds is 3. The number of anilines is 1. The molecule has 0 fully saturated rings. The topological polar surface area (TPSA) is 111 Å². The van der Waals surface area contributed by atoms with E-state index < -0.39 is 21.8 Å². The summed E-state index contributed by atoms with van der Waals surface area (Å²) in [5.74, 6) is 5.05. The zero-order chi connectivity index (χ0) is 14.0. The number of hydrazine groups is 1. The number of ether oxygens (including phenoxy) is 1. The van der Waals surface area contributed by atoms with Crippen LogP contribution in [-0.2, 0) is 14.6 Å². The summed E-state index contributed by atoms with van der Waals surface area (Å²) < 4.78 is 28.9. The molecule has 1 atom stereocenters. The quantitative estimate of drug-likeness (QED) is 0.397. The molecule has 0 aliphatic carbocycles. The molecule has 0 spiro atoms. The summed E-state index contributed by atoms with van der Waals surface area (Å²) in [5.41, 5.74) is 2.56. The summed E-state index contributed by atoms with van der Waals surface area (Å²) in [6.45, 7) is 1.81.